The molecular weight excluding hydrogens is 270 g/mol. The molecule has 1 fully saturated rings. The van der Waals surface area contributed by atoms with Gasteiger partial charge in [-0.1, -0.05) is 6.07 Å². The molecule has 3 rings (SSSR count). The fourth-order valence-electron chi connectivity index (χ4n) is 2.73. The maximum atomic E-state index is 11.9. The van der Waals surface area contributed by atoms with Gasteiger partial charge in [-0.15, -0.1) is 0 Å². The van der Waals surface area contributed by atoms with Crippen molar-refractivity contribution >= 4 is 12.0 Å². The summed E-state index contributed by atoms with van der Waals surface area (Å²) in [6.07, 6.45) is 6.33. The van der Waals surface area contributed by atoms with Crippen molar-refractivity contribution in [3.63, 3.8) is 0 Å². The third-order valence-electron chi connectivity index (χ3n) is 3.82. The molecule has 1 aromatic rings. The maximum Gasteiger partial charge on any atom is 0.244 e. The van der Waals surface area contributed by atoms with Gasteiger partial charge in [-0.05, 0) is 49.5 Å². The standard InChI is InChI=1S/C16H19NO4/c18-13-3-1-2-12(9-13)17-16(19)7-5-11-4-6-14-15(8-11)21-10-20-14/h4-8,12-13,18H,1-3,9-10H2,(H,17,19)/b7-5+/t12-,13-/m0/s1. The second-order valence-corrected chi connectivity index (χ2v) is 5.47. The van der Waals surface area contributed by atoms with Crippen molar-refractivity contribution in [2.24, 2.45) is 0 Å². The first-order chi connectivity index (χ1) is 10.2. The minimum absolute atomic E-state index is 0.0719. The molecular formula is C16H19NO4. The molecule has 21 heavy (non-hydrogen) atoms. The van der Waals surface area contributed by atoms with Gasteiger partial charge in [0, 0.05) is 12.1 Å². The van der Waals surface area contributed by atoms with E-state index < -0.39 is 0 Å². The summed E-state index contributed by atoms with van der Waals surface area (Å²) in [6, 6.07) is 5.62. The van der Waals surface area contributed by atoms with Gasteiger partial charge >= 0.3 is 0 Å². The van der Waals surface area contributed by atoms with E-state index in [-0.39, 0.29) is 24.8 Å². The monoisotopic (exact) mass is 289 g/mol. The Bertz CT molecular complexity index is 555. The molecule has 0 radical (unpaired) electrons. The number of aliphatic hydroxyl groups is 1. The van der Waals surface area contributed by atoms with Crippen LogP contribution >= 0.6 is 0 Å². The molecule has 1 aromatic carbocycles. The lowest BCUT2D eigenvalue weighted by atomic mass is 9.93. The predicted octanol–water partition coefficient (Wildman–Crippen LogP) is 1.85. The fourth-order valence-corrected chi connectivity index (χ4v) is 2.73. The number of ether oxygens (including phenoxy) is 2. The smallest absolute Gasteiger partial charge is 0.244 e. The van der Waals surface area contributed by atoms with Crippen LogP contribution in [0.4, 0.5) is 0 Å². The van der Waals surface area contributed by atoms with E-state index in [9.17, 15) is 9.90 Å². The molecule has 5 heteroatoms. The lowest BCUT2D eigenvalue weighted by Crippen LogP contribution is -2.38. The molecule has 1 aliphatic carbocycles. The van der Waals surface area contributed by atoms with Crippen LogP contribution in [0.3, 0.4) is 0 Å². The molecule has 5 nitrogen and oxygen atoms in total. The van der Waals surface area contributed by atoms with Gasteiger partial charge in [-0.3, -0.25) is 4.79 Å². The van der Waals surface area contributed by atoms with Crippen molar-refractivity contribution in [1.82, 2.24) is 5.32 Å². The SMILES string of the molecule is O=C(/C=C/c1ccc2c(c1)OCO2)N[C@H]1CCC[C@H](O)C1. The minimum atomic E-state index is -0.290. The third-order valence-corrected chi connectivity index (χ3v) is 3.82. The van der Waals surface area contributed by atoms with Gasteiger partial charge in [0.2, 0.25) is 12.7 Å². The summed E-state index contributed by atoms with van der Waals surface area (Å²) >= 11 is 0. The third kappa shape index (κ3) is 3.55. The number of hydrogen-bond acceptors (Lipinski definition) is 4. The highest BCUT2D eigenvalue weighted by Crippen LogP contribution is 2.32. The van der Waals surface area contributed by atoms with Gasteiger partial charge in [-0.25, -0.2) is 0 Å². The van der Waals surface area contributed by atoms with Gasteiger partial charge in [-0.2, -0.15) is 0 Å². The number of fused-ring (bicyclic) bond motifs is 1. The minimum Gasteiger partial charge on any atom is -0.454 e. The molecule has 2 aliphatic rings. The van der Waals surface area contributed by atoms with Gasteiger partial charge in [0.1, 0.15) is 0 Å². The van der Waals surface area contributed by atoms with Crippen LogP contribution in [0.25, 0.3) is 6.08 Å². The Kier molecular flexibility index (Phi) is 4.10. The first-order valence-electron chi connectivity index (χ1n) is 7.27. The van der Waals surface area contributed by atoms with Crippen molar-refractivity contribution in [1.29, 1.82) is 0 Å². The van der Waals surface area contributed by atoms with Gasteiger partial charge < -0.3 is 19.9 Å². The van der Waals surface area contributed by atoms with Crippen LogP contribution in [0.2, 0.25) is 0 Å². The lowest BCUT2D eigenvalue weighted by molar-refractivity contribution is -0.117. The van der Waals surface area contributed by atoms with Crippen LogP contribution in [-0.2, 0) is 4.79 Å². The number of aliphatic hydroxyl groups excluding tert-OH is 1. The van der Waals surface area contributed by atoms with Crippen molar-refractivity contribution in [2.45, 2.75) is 37.8 Å². The highest BCUT2D eigenvalue weighted by atomic mass is 16.7. The van der Waals surface area contributed by atoms with E-state index in [1.165, 1.54) is 6.08 Å². The molecule has 1 saturated carbocycles. The van der Waals surface area contributed by atoms with Crippen molar-refractivity contribution in [3.05, 3.63) is 29.8 Å². The molecule has 0 unspecified atom stereocenters. The number of benzene rings is 1. The van der Waals surface area contributed by atoms with Gasteiger partial charge in [0.15, 0.2) is 11.5 Å². The van der Waals surface area contributed by atoms with E-state index >= 15 is 0 Å². The van der Waals surface area contributed by atoms with Crippen LogP contribution in [-0.4, -0.2) is 30.0 Å². The highest BCUT2D eigenvalue weighted by molar-refractivity contribution is 5.92. The molecule has 112 valence electrons. The normalized spacial score (nSPS) is 24.2. The molecule has 0 saturated heterocycles. The van der Waals surface area contributed by atoms with Crippen LogP contribution in [0.1, 0.15) is 31.2 Å². The molecule has 2 N–H and O–H groups in total. The number of rotatable bonds is 3. The molecule has 0 bridgehead atoms. The van der Waals surface area contributed by atoms with Gasteiger partial charge in [0.25, 0.3) is 0 Å². The second-order valence-electron chi connectivity index (χ2n) is 5.47. The molecule has 1 aliphatic heterocycles. The zero-order valence-corrected chi connectivity index (χ0v) is 11.7. The Morgan fingerprint density at radius 1 is 1.29 bits per heavy atom. The van der Waals surface area contributed by atoms with E-state index in [1.54, 1.807) is 6.08 Å². The summed E-state index contributed by atoms with van der Waals surface area (Å²) in [5.41, 5.74) is 0.887. The Morgan fingerprint density at radius 2 is 2.14 bits per heavy atom. The molecule has 0 spiro atoms. The summed E-state index contributed by atoms with van der Waals surface area (Å²) in [6.45, 7) is 0.243. The highest BCUT2D eigenvalue weighted by Gasteiger charge is 2.20. The van der Waals surface area contributed by atoms with Crippen LogP contribution in [0.5, 0.6) is 11.5 Å². The zero-order valence-electron chi connectivity index (χ0n) is 11.7. The van der Waals surface area contributed by atoms with Crippen molar-refractivity contribution < 1.29 is 19.4 Å². The Balaban J connectivity index is 1.56. The average molecular weight is 289 g/mol. The fraction of sp³-hybridized carbons (Fsp3) is 0.438. The van der Waals surface area contributed by atoms with E-state index in [2.05, 4.69) is 5.32 Å². The zero-order chi connectivity index (χ0) is 14.7. The Labute approximate surface area is 123 Å². The number of nitrogens with one attached hydrogen (secondary N) is 1. The number of carbonyl (C=O) groups excluding carboxylic acids is 1. The first kappa shape index (κ1) is 13.9. The molecule has 0 aromatic heterocycles. The first-order valence-corrected chi connectivity index (χ1v) is 7.27. The second kappa shape index (κ2) is 6.18. The molecule has 1 heterocycles. The Morgan fingerprint density at radius 3 is 3.00 bits per heavy atom. The quantitative estimate of drug-likeness (QED) is 0.833. The predicted molar refractivity (Wildman–Crippen MR) is 78.0 cm³/mol. The largest absolute Gasteiger partial charge is 0.454 e. The van der Waals surface area contributed by atoms with E-state index in [0.29, 0.717) is 12.2 Å². The summed E-state index contributed by atoms with van der Waals surface area (Å²) < 4.78 is 10.5. The van der Waals surface area contributed by atoms with Crippen molar-refractivity contribution in [2.75, 3.05) is 6.79 Å². The van der Waals surface area contributed by atoms with Crippen LogP contribution in [0, 0.1) is 0 Å². The molecule has 1 amide bonds. The topological polar surface area (TPSA) is 67.8 Å². The van der Waals surface area contributed by atoms with E-state index in [0.717, 1.165) is 30.6 Å². The number of hydrogen-bond donors (Lipinski definition) is 2. The Hall–Kier alpha value is -2.01. The van der Waals surface area contributed by atoms with E-state index in [4.69, 9.17) is 9.47 Å². The van der Waals surface area contributed by atoms with Crippen molar-refractivity contribution in [3.8, 4) is 11.5 Å². The maximum absolute atomic E-state index is 11.9. The van der Waals surface area contributed by atoms with Crippen LogP contribution in [0.15, 0.2) is 24.3 Å². The van der Waals surface area contributed by atoms with Gasteiger partial charge in [0.05, 0.1) is 6.10 Å². The summed E-state index contributed by atoms with van der Waals surface area (Å²) in [7, 11) is 0. The summed E-state index contributed by atoms with van der Waals surface area (Å²) in [4.78, 5) is 11.9. The average Bonchev–Trinajstić information content (AvgIpc) is 2.92. The van der Waals surface area contributed by atoms with Crippen LogP contribution < -0.4 is 14.8 Å². The summed E-state index contributed by atoms with van der Waals surface area (Å²) in [5, 5.41) is 12.5. The number of amides is 1. The lowest BCUT2D eigenvalue weighted by Gasteiger charge is -2.26. The summed E-state index contributed by atoms with van der Waals surface area (Å²) in [5.74, 6) is 1.30. The van der Waals surface area contributed by atoms with E-state index in [1.807, 2.05) is 18.2 Å². The molecule has 2 atom stereocenters. The number of carbonyl (C=O) groups is 1.